The van der Waals surface area contributed by atoms with Crippen LogP contribution in [0, 0.1) is 5.41 Å². The van der Waals surface area contributed by atoms with Gasteiger partial charge in [0.05, 0.1) is 6.42 Å². The number of carbonyl (C=O) groups is 2. The maximum absolute atomic E-state index is 11.1. The third kappa shape index (κ3) is 3.86. The summed E-state index contributed by atoms with van der Waals surface area (Å²) in [5.41, 5.74) is -0.0266. The van der Waals surface area contributed by atoms with Crippen LogP contribution in [0.5, 0.6) is 0 Å². The predicted molar refractivity (Wildman–Crippen MR) is 58.1 cm³/mol. The van der Waals surface area contributed by atoms with E-state index in [4.69, 9.17) is 0 Å². The van der Waals surface area contributed by atoms with Gasteiger partial charge in [0.1, 0.15) is 11.6 Å². The molecule has 0 radical (unpaired) electrons. The predicted octanol–water partition coefficient (Wildman–Crippen LogP) is 2.92. The van der Waals surface area contributed by atoms with Crippen molar-refractivity contribution >= 4 is 11.6 Å². The molecular weight excluding hydrogens is 176 g/mol. The second-order valence-corrected chi connectivity index (χ2v) is 4.17. The van der Waals surface area contributed by atoms with E-state index in [2.05, 4.69) is 20.1 Å². The zero-order valence-electron chi connectivity index (χ0n) is 9.27. The van der Waals surface area contributed by atoms with Crippen LogP contribution in [0.4, 0.5) is 0 Å². The maximum Gasteiger partial charge on any atom is 0.140 e. The topological polar surface area (TPSA) is 34.1 Å². The SMILES string of the molecule is C=C.CCCC1(C)CC(=O)CC(=O)C1. The Morgan fingerprint density at radius 3 is 2.00 bits per heavy atom. The zero-order chi connectivity index (χ0) is 11.2. The molecule has 14 heavy (non-hydrogen) atoms. The van der Waals surface area contributed by atoms with Crippen molar-refractivity contribution < 1.29 is 9.59 Å². The van der Waals surface area contributed by atoms with E-state index in [1.165, 1.54) is 0 Å². The molecule has 0 atom stereocenters. The summed E-state index contributed by atoms with van der Waals surface area (Å²) in [6.07, 6.45) is 3.43. The molecule has 1 aliphatic carbocycles. The van der Waals surface area contributed by atoms with Gasteiger partial charge in [0.15, 0.2) is 0 Å². The van der Waals surface area contributed by atoms with Gasteiger partial charge in [0, 0.05) is 12.8 Å². The minimum atomic E-state index is -0.0266. The van der Waals surface area contributed by atoms with Gasteiger partial charge < -0.3 is 0 Å². The van der Waals surface area contributed by atoms with E-state index in [0.29, 0.717) is 12.8 Å². The molecule has 0 aromatic carbocycles. The second-order valence-electron chi connectivity index (χ2n) is 4.17. The number of ketones is 2. The Morgan fingerprint density at radius 1 is 1.21 bits per heavy atom. The Labute approximate surface area is 86.4 Å². The first-order chi connectivity index (χ1) is 6.56. The lowest BCUT2D eigenvalue weighted by Gasteiger charge is -2.31. The van der Waals surface area contributed by atoms with Crippen LogP contribution < -0.4 is 0 Å². The Hall–Kier alpha value is -0.920. The zero-order valence-corrected chi connectivity index (χ0v) is 9.27. The number of rotatable bonds is 2. The van der Waals surface area contributed by atoms with Gasteiger partial charge in [-0.3, -0.25) is 9.59 Å². The van der Waals surface area contributed by atoms with Crippen LogP contribution in [-0.4, -0.2) is 11.6 Å². The first-order valence-electron chi connectivity index (χ1n) is 5.09. The van der Waals surface area contributed by atoms with Crippen LogP contribution in [0.2, 0.25) is 0 Å². The molecule has 0 aliphatic heterocycles. The van der Waals surface area contributed by atoms with Crippen molar-refractivity contribution in [1.29, 1.82) is 0 Å². The van der Waals surface area contributed by atoms with Gasteiger partial charge >= 0.3 is 0 Å². The number of hydrogen-bond acceptors (Lipinski definition) is 2. The fourth-order valence-corrected chi connectivity index (χ4v) is 2.14. The minimum Gasteiger partial charge on any atom is -0.299 e. The van der Waals surface area contributed by atoms with E-state index in [0.717, 1.165) is 12.8 Å². The first kappa shape index (κ1) is 13.1. The molecule has 1 aliphatic rings. The lowest BCUT2D eigenvalue weighted by Crippen LogP contribution is -2.31. The van der Waals surface area contributed by atoms with E-state index in [1.54, 1.807) is 0 Å². The number of carbonyl (C=O) groups excluding carboxylic acids is 2. The molecule has 0 bridgehead atoms. The van der Waals surface area contributed by atoms with Crippen molar-refractivity contribution in [3.05, 3.63) is 13.2 Å². The Morgan fingerprint density at radius 2 is 1.64 bits per heavy atom. The first-order valence-corrected chi connectivity index (χ1v) is 5.09. The summed E-state index contributed by atoms with van der Waals surface area (Å²) in [7, 11) is 0. The molecule has 0 aromatic heterocycles. The summed E-state index contributed by atoms with van der Waals surface area (Å²) in [5.74, 6) is 0.254. The fourth-order valence-electron chi connectivity index (χ4n) is 2.14. The standard InChI is InChI=1S/C10H16O2.C2H4/c1-3-4-10(2)6-8(11)5-9(12)7-10;1-2/h3-7H2,1-2H3;1-2H2. The van der Waals surface area contributed by atoms with Gasteiger partial charge in [-0.25, -0.2) is 0 Å². The maximum atomic E-state index is 11.1. The molecule has 0 amide bonds. The Kier molecular flexibility index (Phi) is 5.36. The van der Waals surface area contributed by atoms with Crippen molar-refractivity contribution in [2.24, 2.45) is 5.41 Å². The van der Waals surface area contributed by atoms with Gasteiger partial charge in [0.25, 0.3) is 0 Å². The van der Waals surface area contributed by atoms with Crippen LogP contribution in [0.25, 0.3) is 0 Å². The minimum absolute atomic E-state index is 0.0266. The van der Waals surface area contributed by atoms with Crippen molar-refractivity contribution in [2.75, 3.05) is 0 Å². The summed E-state index contributed by atoms with van der Waals surface area (Å²) in [6.45, 7) is 10.1. The van der Waals surface area contributed by atoms with Crippen LogP contribution in [0.1, 0.15) is 46.0 Å². The molecule has 0 heterocycles. The average molecular weight is 196 g/mol. The van der Waals surface area contributed by atoms with E-state index in [1.807, 2.05) is 6.92 Å². The Bertz CT molecular complexity index is 202. The van der Waals surface area contributed by atoms with Crippen molar-refractivity contribution in [2.45, 2.75) is 46.0 Å². The van der Waals surface area contributed by atoms with Gasteiger partial charge in [-0.2, -0.15) is 0 Å². The number of Topliss-reactive ketones (excluding diaryl/α,β-unsaturated/α-hetero) is 2. The summed E-state index contributed by atoms with van der Waals surface area (Å²) in [5, 5.41) is 0. The van der Waals surface area contributed by atoms with Crippen LogP contribution in [0.3, 0.4) is 0 Å². The molecule has 0 spiro atoms. The summed E-state index contributed by atoms with van der Waals surface area (Å²) in [6, 6.07) is 0. The van der Waals surface area contributed by atoms with Gasteiger partial charge in [-0.05, 0) is 11.8 Å². The molecule has 1 saturated carbocycles. The van der Waals surface area contributed by atoms with Crippen molar-refractivity contribution in [1.82, 2.24) is 0 Å². The molecule has 80 valence electrons. The van der Waals surface area contributed by atoms with E-state index < -0.39 is 0 Å². The second kappa shape index (κ2) is 5.74. The van der Waals surface area contributed by atoms with Gasteiger partial charge in [-0.15, -0.1) is 13.2 Å². The monoisotopic (exact) mass is 196 g/mol. The molecule has 1 rings (SSSR count). The van der Waals surface area contributed by atoms with E-state index >= 15 is 0 Å². The third-order valence-electron chi connectivity index (χ3n) is 2.50. The van der Waals surface area contributed by atoms with Gasteiger partial charge in [-0.1, -0.05) is 20.3 Å². The highest BCUT2D eigenvalue weighted by Gasteiger charge is 2.34. The third-order valence-corrected chi connectivity index (χ3v) is 2.50. The molecule has 2 nitrogen and oxygen atoms in total. The normalized spacial score (nSPS) is 19.9. The smallest absolute Gasteiger partial charge is 0.140 e. The Balaban J connectivity index is 0.000000791. The average Bonchev–Trinajstić information content (AvgIpc) is 2.04. The van der Waals surface area contributed by atoms with Crippen molar-refractivity contribution in [3.63, 3.8) is 0 Å². The van der Waals surface area contributed by atoms with Crippen LogP contribution in [0.15, 0.2) is 13.2 Å². The lowest BCUT2D eigenvalue weighted by atomic mass is 9.72. The van der Waals surface area contributed by atoms with Gasteiger partial charge in [0.2, 0.25) is 0 Å². The molecule has 1 fully saturated rings. The molecule has 2 heteroatoms. The van der Waals surface area contributed by atoms with E-state index in [-0.39, 0.29) is 23.4 Å². The number of hydrogen-bond donors (Lipinski definition) is 0. The fraction of sp³-hybridized carbons (Fsp3) is 0.667. The highest BCUT2D eigenvalue weighted by molar-refractivity contribution is 6.02. The lowest BCUT2D eigenvalue weighted by molar-refractivity contribution is -0.133. The largest absolute Gasteiger partial charge is 0.299 e. The van der Waals surface area contributed by atoms with Crippen LogP contribution in [-0.2, 0) is 9.59 Å². The highest BCUT2D eigenvalue weighted by atomic mass is 16.1. The molecule has 0 saturated heterocycles. The molecule has 0 N–H and O–H groups in total. The molecule has 0 unspecified atom stereocenters. The summed E-state index contributed by atoms with van der Waals surface area (Å²) < 4.78 is 0. The van der Waals surface area contributed by atoms with E-state index in [9.17, 15) is 9.59 Å². The molecule has 0 aromatic rings. The highest BCUT2D eigenvalue weighted by Crippen LogP contribution is 2.36. The summed E-state index contributed by atoms with van der Waals surface area (Å²) >= 11 is 0. The summed E-state index contributed by atoms with van der Waals surface area (Å²) in [4.78, 5) is 22.3. The van der Waals surface area contributed by atoms with Crippen molar-refractivity contribution in [3.8, 4) is 0 Å². The molecular formula is C12H20O2. The van der Waals surface area contributed by atoms with Crippen LogP contribution >= 0.6 is 0 Å². The quantitative estimate of drug-likeness (QED) is 0.502.